The number of fused-ring (bicyclic) bond motifs is 6. The lowest BCUT2D eigenvalue weighted by Gasteiger charge is -2.18. The first-order chi connectivity index (χ1) is 31.2. The fourth-order valence-corrected chi connectivity index (χ4v) is 11.5. The normalized spacial score (nSPS) is 12.1. The molecule has 14 rings (SSSR count). The van der Waals surface area contributed by atoms with Gasteiger partial charge in [-0.2, -0.15) is 0 Å². The fraction of sp³-hybridized carbons (Fsp3) is 0. The molecule has 14 aromatic rings. The van der Waals surface area contributed by atoms with Crippen LogP contribution in [0.25, 0.3) is 141 Å². The van der Waals surface area contributed by atoms with Crippen LogP contribution >= 0.6 is 11.3 Å². The molecule has 0 saturated carbocycles. The lowest BCUT2D eigenvalue weighted by atomic mass is 9.86. The number of nitrogens with zero attached hydrogens (tertiary/aromatic N) is 3. The van der Waals surface area contributed by atoms with Crippen molar-refractivity contribution in [2.45, 2.75) is 0 Å². The molecule has 0 N–H and O–H groups in total. The Morgan fingerprint density at radius 2 is 0.746 bits per heavy atom. The molecular formula is C59H33N3S. The smallest absolute Gasteiger partial charge is 0.164 e. The minimum absolute atomic E-state index is 0.649. The third-order valence-corrected chi connectivity index (χ3v) is 14.4. The molecule has 0 fully saturated rings. The Morgan fingerprint density at radius 3 is 1.44 bits per heavy atom. The first-order valence-corrected chi connectivity index (χ1v) is 22.2. The monoisotopic (exact) mass is 815 g/mol. The highest BCUT2D eigenvalue weighted by molar-refractivity contribution is 7.25. The molecule has 0 aliphatic rings. The SMILES string of the molecule is c1ccc(-c2nc(-c3ccc4sc5ccccc5c4c3)nc(-c3ccc(-c4cc5ccc6cccc7c8cccc9ccc%10cccc(c(c4)c5c67)c%10c98)c4ccccc34)n2)cc1. The summed E-state index contributed by atoms with van der Waals surface area (Å²) in [6, 6.07) is 73.0. The Kier molecular flexibility index (Phi) is 7.27. The standard InChI is InChI=1S/C59H33N3S/c1-2-11-37(12-3-1)57-60-58(39-27-30-52-49(32-39)44-18-6-7-22-51(44)63-52)62-59(61-57)48-29-28-41(42-16-4-5-17-43(42)48)40-31-38-26-25-36-14-9-20-46-45-19-8-13-34-23-24-35-15-10-21-47(55(35)53(34)45)50(33-40)56(38)54(36)46/h1-33H. The minimum atomic E-state index is 0.649. The Labute approximate surface area is 365 Å². The molecular weight excluding hydrogens is 783 g/mol. The van der Waals surface area contributed by atoms with Crippen LogP contribution in [0.2, 0.25) is 0 Å². The van der Waals surface area contributed by atoms with Crippen molar-refractivity contribution in [1.29, 1.82) is 0 Å². The van der Waals surface area contributed by atoms with E-state index in [2.05, 4.69) is 182 Å². The van der Waals surface area contributed by atoms with Crippen molar-refractivity contribution >= 4 is 107 Å². The van der Waals surface area contributed by atoms with Crippen molar-refractivity contribution in [2.24, 2.45) is 0 Å². The van der Waals surface area contributed by atoms with Gasteiger partial charge in [-0.05, 0) is 129 Å². The summed E-state index contributed by atoms with van der Waals surface area (Å²) in [5.74, 6) is 1.95. The molecule has 0 atom stereocenters. The third-order valence-electron chi connectivity index (χ3n) is 13.2. The Morgan fingerprint density at radius 1 is 0.254 bits per heavy atom. The zero-order valence-corrected chi connectivity index (χ0v) is 34.6. The van der Waals surface area contributed by atoms with Crippen molar-refractivity contribution in [3.63, 3.8) is 0 Å². The van der Waals surface area contributed by atoms with E-state index in [0.29, 0.717) is 17.5 Å². The van der Waals surface area contributed by atoms with E-state index in [0.717, 1.165) is 27.5 Å². The molecule has 0 spiro atoms. The first-order valence-electron chi connectivity index (χ1n) is 21.4. The van der Waals surface area contributed by atoms with E-state index in [1.54, 1.807) is 0 Å². The third kappa shape index (κ3) is 5.16. The Balaban J connectivity index is 1.02. The predicted molar refractivity (Wildman–Crippen MR) is 268 cm³/mol. The van der Waals surface area contributed by atoms with Crippen molar-refractivity contribution < 1.29 is 0 Å². The second-order valence-corrected chi connectivity index (χ2v) is 17.7. The lowest BCUT2D eigenvalue weighted by molar-refractivity contribution is 1.08. The summed E-state index contributed by atoms with van der Waals surface area (Å²) in [5, 5.41) is 20.0. The second-order valence-electron chi connectivity index (χ2n) is 16.7. The maximum atomic E-state index is 5.29. The van der Waals surface area contributed by atoms with Gasteiger partial charge in [0.05, 0.1) is 0 Å². The van der Waals surface area contributed by atoms with Gasteiger partial charge in [-0.3, -0.25) is 0 Å². The molecule has 2 heterocycles. The topological polar surface area (TPSA) is 38.7 Å². The second kappa shape index (κ2) is 13.2. The van der Waals surface area contributed by atoms with Crippen LogP contribution in [0.1, 0.15) is 0 Å². The van der Waals surface area contributed by atoms with E-state index in [9.17, 15) is 0 Å². The van der Waals surface area contributed by atoms with Crippen LogP contribution < -0.4 is 0 Å². The van der Waals surface area contributed by atoms with Crippen LogP contribution in [0, 0.1) is 0 Å². The van der Waals surface area contributed by atoms with Crippen molar-refractivity contribution in [3.05, 3.63) is 200 Å². The predicted octanol–water partition coefficient (Wildman–Crippen LogP) is 16.4. The highest BCUT2D eigenvalue weighted by Crippen LogP contribution is 2.46. The van der Waals surface area contributed by atoms with E-state index in [4.69, 9.17) is 15.0 Å². The van der Waals surface area contributed by atoms with Crippen LogP contribution in [0.4, 0.5) is 0 Å². The van der Waals surface area contributed by atoms with Gasteiger partial charge < -0.3 is 0 Å². The molecule has 0 radical (unpaired) electrons. The largest absolute Gasteiger partial charge is 0.208 e. The number of aromatic nitrogens is 3. The van der Waals surface area contributed by atoms with Crippen molar-refractivity contribution in [2.75, 3.05) is 0 Å². The van der Waals surface area contributed by atoms with Crippen LogP contribution in [0.15, 0.2) is 200 Å². The quantitative estimate of drug-likeness (QED) is 0.166. The van der Waals surface area contributed by atoms with E-state index in [1.807, 2.05) is 29.5 Å². The summed E-state index contributed by atoms with van der Waals surface area (Å²) in [5.41, 5.74) is 5.23. The van der Waals surface area contributed by atoms with Gasteiger partial charge >= 0.3 is 0 Å². The molecule has 0 unspecified atom stereocenters. The maximum Gasteiger partial charge on any atom is 0.164 e. The van der Waals surface area contributed by atoms with Gasteiger partial charge in [-0.25, -0.2) is 15.0 Å². The van der Waals surface area contributed by atoms with E-state index in [1.165, 1.54) is 95.9 Å². The Bertz CT molecular complexity index is 4200. The van der Waals surface area contributed by atoms with Gasteiger partial charge in [-0.1, -0.05) is 158 Å². The molecule has 12 aromatic carbocycles. The van der Waals surface area contributed by atoms with E-state index >= 15 is 0 Å². The van der Waals surface area contributed by atoms with E-state index < -0.39 is 0 Å². The molecule has 2 aromatic heterocycles. The number of hydrogen-bond donors (Lipinski definition) is 0. The van der Waals surface area contributed by atoms with E-state index in [-0.39, 0.29) is 0 Å². The lowest BCUT2D eigenvalue weighted by Crippen LogP contribution is -2.00. The van der Waals surface area contributed by atoms with Crippen LogP contribution in [-0.4, -0.2) is 15.0 Å². The molecule has 3 nitrogen and oxygen atoms in total. The molecule has 0 saturated heterocycles. The molecule has 63 heavy (non-hydrogen) atoms. The van der Waals surface area contributed by atoms with Gasteiger partial charge in [-0.15, -0.1) is 11.3 Å². The maximum absolute atomic E-state index is 5.29. The molecule has 0 bridgehead atoms. The molecule has 0 aliphatic carbocycles. The van der Waals surface area contributed by atoms with Crippen LogP contribution in [-0.2, 0) is 0 Å². The summed E-state index contributed by atoms with van der Waals surface area (Å²) < 4.78 is 2.53. The number of hydrogen-bond acceptors (Lipinski definition) is 4. The zero-order valence-electron chi connectivity index (χ0n) is 33.8. The highest BCUT2D eigenvalue weighted by atomic mass is 32.1. The average Bonchev–Trinajstić information content (AvgIpc) is 3.73. The summed E-state index contributed by atoms with van der Waals surface area (Å²) in [7, 11) is 0. The van der Waals surface area contributed by atoms with Crippen molar-refractivity contribution in [1.82, 2.24) is 15.0 Å². The molecule has 290 valence electrons. The zero-order chi connectivity index (χ0) is 41.2. The van der Waals surface area contributed by atoms with Crippen LogP contribution in [0.3, 0.4) is 0 Å². The van der Waals surface area contributed by atoms with Gasteiger partial charge in [0.25, 0.3) is 0 Å². The summed E-state index contributed by atoms with van der Waals surface area (Å²) in [6.07, 6.45) is 0. The van der Waals surface area contributed by atoms with Gasteiger partial charge in [0.1, 0.15) is 0 Å². The summed E-state index contributed by atoms with van der Waals surface area (Å²) in [6.45, 7) is 0. The van der Waals surface area contributed by atoms with Crippen LogP contribution in [0.5, 0.6) is 0 Å². The number of rotatable bonds is 4. The molecule has 0 amide bonds. The minimum Gasteiger partial charge on any atom is -0.208 e. The van der Waals surface area contributed by atoms with Gasteiger partial charge in [0.15, 0.2) is 17.5 Å². The highest BCUT2D eigenvalue weighted by Gasteiger charge is 2.20. The molecule has 4 heteroatoms. The molecule has 0 aliphatic heterocycles. The van der Waals surface area contributed by atoms with Gasteiger partial charge in [0.2, 0.25) is 0 Å². The van der Waals surface area contributed by atoms with Crippen molar-refractivity contribution in [3.8, 4) is 45.3 Å². The average molecular weight is 816 g/mol. The van der Waals surface area contributed by atoms with Gasteiger partial charge in [0, 0.05) is 36.9 Å². The first kappa shape index (κ1) is 34.6. The fourth-order valence-electron chi connectivity index (χ4n) is 10.4. The summed E-state index contributed by atoms with van der Waals surface area (Å²) >= 11 is 1.82. The summed E-state index contributed by atoms with van der Waals surface area (Å²) in [4.78, 5) is 15.6. The Hall–Kier alpha value is -8.05. The number of thiophene rings is 1. The number of benzene rings is 11.